The van der Waals surface area contributed by atoms with E-state index in [1.807, 2.05) is 6.08 Å². The summed E-state index contributed by atoms with van der Waals surface area (Å²) in [7, 11) is 0. The standard InChI is InChI=1S/C72H119NO8/c1-3-5-7-9-11-13-15-17-19-21-23-25-26-27-28-29-30-31-32-33-34-35-36-37-38-39-40-42-44-46-48-50-52-54-56-58-60-62-68(76)73-65(64-80-72-71(79)70(78)69(77)67(63-74)81-72)66(75)61-59-57-55-53-51-49-47-45-43-41-24-22-20-18-16-14-12-10-8-6-4-2/h5,7,11,13,17,19,23,25,27-28,30-31,33-34,36-37,39-40,43,45,51,53,59,61,65-67,69-72,74-75,77-79H,3-4,6,8-10,12,14-16,18,20-22,24,26,29,32,35,38,41-42,44,46-50,52,54-58,60,62-64H2,1-2H3,(H,73,76)/b7-5-,13-11-,19-17-,25-23-,28-27-,31-30-,34-33-,37-36-,40-39-,45-43+,53-51+,61-59+. The molecular formula is C72H119NO8. The second-order valence-electron chi connectivity index (χ2n) is 21.8. The van der Waals surface area contributed by atoms with Crippen LogP contribution in [0.5, 0.6) is 0 Å². The van der Waals surface area contributed by atoms with Crippen LogP contribution in [-0.4, -0.2) is 87.5 Å². The van der Waals surface area contributed by atoms with Crippen molar-refractivity contribution in [1.82, 2.24) is 5.32 Å². The minimum absolute atomic E-state index is 0.203. The van der Waals surface area contributed by atoms with E-state index in [-0.39, 0.29) is 12.5 Å². The maximum atomic E-state index is 13.1. The normalized spacial score (nSPS) is 19.4. The number of carbonyl (C=O) groups excluding carboxylic acids is 1. The second-order valence-corrected chi connectivity index (χ2v) is 21.8. The first-order valence-corrected chi connectivity index (χ1v) is 32.6. The third-order valence-corrected chi connectivity index (χ3v) is 14.4. The van der Waals surface area contributed by atoms with Crippen LogP contribution in [0.25, 0.3) is 0 Å². The van der Waals surface area contributed by atoms with Crippen molar-refractivity contribution in [1.29, 1.82) is 0 Å². The Labute approximate surface area is 495 Å². The highest BCUT2D eigenvalue weighted by Crippen LogP contribution is 2.23. The first-order valence-electron chi connectivity index (χ1n) is 32.6. The summed E-state index contributed by atoms with van der Waals surface area (Å²) in [6.07, 6.45) is 84.9. The van der Waals surface area contributed by atoms with Gasteiger partial charge in [0, 0.05) is 6.42 Å². The fraction of sp³-hybridized carbons (Fsp3) is 0.653. The molecule has 81 heavy (non-hydrogen) atoms. The van der Waals surface area contributed by atoms with Crippen molar-refractivity contribution in [3.8, 4) is 0 Å². The fourth-order valence-electron chi connectivity index (χ4n) is 9.30. The van der Waals surface area contributed by atoms with Gasteiger partial charge in [-0.3, -0.25) is 4.79 Å². The van der Waals surface area contributed by atoms with Crippen LogP contribution in [0.2, 0.25) is 0 Å². The van der Waals surface area contributed by atoms with Crippen LogP contribution in [0.4, 0.5) is 0 Å². The highest BCUT2D eigenvalue weighted by molar-refractivity contribution is 5.76. The third kappa shape index (κ3) is 48.2. The highest BCUT2D eigenvalue weighted by Gasteiger charge is 2.44. The lowest BCUT2D eigenvalue weighted by Gasteiger charge is -2.40. The number of carbonyl (C=O) groups is 1. The Morgan fingerprint density at radius 2 is 0.778 bits per heavy atom. The molecule has 1 fully saturated rings. The first-order chi connectivity index (χ1) is 39.8. The monoisotopic (exact) mass is 1130 g/mol. The van der Waals surface area contributed by atoms with Gasteiger partial charge in [0.05, 0.1) is 25.4 Å². The molecule has 0 aliphatic carbocycles. The van der Waals surface area contributed by atoms with Gasteiger partial charge in [-0.2, -0.15) is 0 Å². The van der Waals surface area contributed by atoms with Gasteiger partial charge in [-0.1, -0.05) is 269 Å². The molecule has 6 N–H and O–H groups in total. The summed E-state index contributed by atoms with van der Waals surface area (Å²) < 4.78 is 11.3. The van der Waals surface area contributed by atoms with Crippen LogP contribution in [-0.2, 0) is 14.3 Å². The number of ether oxygens (including phenoxy) is 2. The Balaban J connectivity index is 2.21. The van der Waals surface area contributed by atoms with Gasteiger partial charge in [0.15, 0.2) is 6.29 Å². The number of hydrogen-bond donors (Lipinski definition) is 6. The Kier molecular flexibility index (Phi) is 54.9. The van der Waals surface area contributed by atoms with Crippen LogP contribution in [0.3, 0.4) is 0 Å². The molecule has 1 heterocycles. The lowest BCUT2D eigenvalue weighted by Crippen LogP contribution is -2.60. The van der Waals surface area contributed by atoms with Crippen LogP contribution in [0.15, 0.2) is 146 Å². The number of hydrogen-bond acceptors (Lipinski definition) is 8. The van der Waals surface area contributed by atoms with E-state index in [0.29, 0.717) is 6.42 Å². The minimum Gasteiger partial charge on any atom is -0.394 e. The first kappa shape index (κ1) is 75.1. The second kappa shape index (κ2) is 59.2. The molecule has 1 aliphatic rings. The molecule has 1 rings (SSSR count). The summed E-state index contributed by atoms with van der Waals surface area (Å²) in [4.78, 5) is 13.1. The van der Waals surface area contributed by atoms with Crippen molar-refractivity contribution in [3.63, 3.8) is 0 Å². The fourth-order valence-corrected chi connectivity index (χ4v) is 9.30. The van der Waals surface area contributed by atoms with E-state index in [4.69, 9.17) is 9.47 Å². The summed E-state index contributed by atoms with van der Waals surface area (Å²) >= 11 is 0. The molecule has 9 nitrogen and oxygen atoms in total. The van der Waals surface area contributed by atoms with Gasteiger partial charge in [-0.15, -0.1) is 0 Å². The maximum Gasteiger partial charge on any atom is 0.220 e. The lowest BCUT2D eigenvalue weighted by molar-refractivity contribution is -0.302. The van der Waals surface area contributed by atoms with Crippen molar-refractivity contribution in [2.45, 2.75) is 288 Å². The Morgan fingerprint density at radius 1 is 0.432 bits per heavy atom. The highest BCUT2D eigenvalue weighted by atomic mass is 16.7. The predicted octanol–water partition coefficient (Wildman–Crippen LogP) is 17.4. The molecule has 0 saturated carbocycles. The molecule has 0 aromatic heterocycles. The van der Waals surface area contributed by atoms with Gasteiger partial charge < -0.3 is 40.3 Å². The molecule has 0 bridgehead atoms. The zero-order chi connectivity index (χ0) is 58.6. The average Bonchev–Trinajstić information content (AvgIpc) is 3.49. The van der Waals surface area contributed by atoms with Gasteiger partial charge in [-0.05, 0) is 116 Å². The smallest absolute Gasteiger partial charge is 0.220 e. The number of allylic oxidation sites excluding steroid dienone is 23. The van der Waals surface area contributed by atoms with Crippen LogP contribution < -0.4 is 5.32 Å². The van der Waals surface area contributed by atoms with E-state index in [9.17, 15) is 30.3 Å². The molecule has 7 atom stereocenters. The molecule has 1 saturated heterocycles. The zero-order valence-electron chi connectivity index (χ0n) is 51.2. The number of nitrogens with one attached hydrogen (secondary N) is 1. The summed E-state index contributed by atoms with van der Waals surface area (Å²) in [6.45, 7) is 3.64. The molecule has 460 valence electrons. The van der Waals surface area contributed by atoms with Gasteiger partial charge in [0.2, 0.25) is 5.91 Å². The Hall–Kier alpha value is -3.93. The van der Waals surface area contributed by atoms with Gasteiger partial charge >= 0.3 is 0 Å². The summed E-state index contributed by atoms with van der Waals surface area (Å²) in [5.74, 6) is -0.203. The largest absolute Gasteiger partial charge is 0.394 e. The van der Waals surface area contributed by atoms with Gasteiger partial charge in [-0.25, -0.2) is 0 Å². The van der Waals surface area contributed by atoms with E-state index < -0.39 is 49.5 Å². The minimum atomic E-state index is -1.58. The van der Waals surface area contributed by atoms with Crippen molar-refractivity contribution >= 4 is 5.91 Å². The number of rotatable bonds is 54. The van der Waals surface area contributed by atoms with Gasteiger partial charge in [0.1, 0.15) is 24.4 Å². The Bertz CT molecular complexity index is 1780. The van der Waals surface area contributed by atoms with E-state index in [1.165, 1.54) is 103 Å². The topological polar surface area (TPSA) is 149 Å². The van der Waals surface area contributed by atoms with E-state index in [1.54, 1.807) is 6.08 Å². The maximum absolute atomic E-state index is 13.1. The average molecular weight is 1130 g/mol. The van der Waals surface area contributed by atoms with Gasteiger partial charge in [0.25, 0.3) is 0 Å². The van der Waals surface area contributed by atoms with Crippen molar-refractivity contribution in [3.05, 3.63) is 146 Å². The predicted molar refractivity (Wildman–Crippen MR) is 345 cm³/mol. The molecule has 1 amide bonds. The van der Waals surface area contributed by atoms with Crippen molar-refractivity contribution in [2.24, 2.45) is 0 Å². The SMILES string of the molecule is CC/C=C\C/C=C\C/C=C\C/C=C\C/C=C\C/C=C\C/C=C\C/C=C\C/C=C\CCCCCCCCCCCC(=O)NC(COC1OC(CO)C(O)C(O)C1O)C(O)/C=C/CC/C=C/CC/C=C/CCCCCCCCCCCCC. The number of amides is 1. The number of aliphatic hydroxyl groups is 5. The van der Waals surface area contributed by atoms with Crippen LogP contribution in [0.1, 0.15) is 245 Å². The van der Waals surface area contributed by atoms with E-state index in [0.717, 1.165) is 122 Å². The molecule has 0 spiro atoms. The molecule has 1 aliphatic heterocycles. The summed E-state index contributed by atoms with van der Waals surface area (Å²) in [6, 6.07) is -0.843. The quantitative estimate of drug-likeness (QED) is 0.0261. The number of aliphatic hydroxyl groups excluding tert-OH is 5. The van der Waals surface area contributed by atoms with Crippen LogP contribution in [0, 0.1) is 0 Å². The summed E-state index contributed by atoms with van der Waals surface area (Å²) in [5.41, 5.74) is 0. The summed E-state index contributed by atoms with van der Waals surface area (Å²) in [5, 5.41) is 54.6. The van der Waals surface area contributed by atoms with Crippen molar-refractivity contribution < 1.29 is 39.8 Å². The van der Waals surface area contributed by atoms with E-state index >= 15 is 0 Å². The zero-order valence-corrected chi connectivity index (χ0v) is 51.2. The third-order valence-electron chi connectivity index (χ3n) is 14.4. The van der Waals surface area contributed by atoms with E-state index in [2.05, 4.69) is 153 Å². The molecule has 0 aromatic carbocycles. The Morgan fingerprint density at radius 3 is 1.19 bits per heavy atom. The molecule has 0 aromatic rings. The number of unbranched alkanes of at least 4 members (excludes halogenated alkanes) is 22. The molecular weight excluding hydrogens is 1010 g/mol. The molecule has 9 heteroatoms. The molecule has 7 unspecified atom stereocenters. The van der Waals surface area contributed by atoms with Crippen molar-refractivity contribution in [2.75, 3.05) is 13.2 Å². The molecule has 0 radical (unpaired) electrons. The lowest BCUT2D eigenvalue weighted by atomic mass is 9.99. The van der Waals surface area contributed by atoms with Crippen LogP contribution >= 0.6 is 0 Å².